The lowest BCUT2D eigenvalue weighted by Gasteiger charge is -2.18. The first-order chi connectivity index (χ1) is 13.0. The summed E-state index contributed by atoms with van der Waals surface area (Å²) in [5, 5.41) is 3.42. The third-order valence-corrected chi connectivity index (χ3v) is 4.29. The van der Waals surface area contributed by atoms with Gasteiger partial charge in [0.1, 0.15) is 5.75 Å². The number of hydrogen-bond donors (Lipinski definition) is 1. The molecule has 2 aromatic carbocycles. The summed E-state index contributed by atoms with van der Waals surface area (Å²) in [6.45, 7) is 1.73. The van der Waals surface area contributed by atoms with Crippen LogP contribution in [-0.2, 0) is 20.7 Å². The molecule has 0 aliphatic carbocycles. The standard InChI is InChI=1S/C21H24ClNO4/c1-3-7-18(15-8-5-4-6-9-15)23-20(24)14-27-21(25)13-16-12-17(22)10-11-19(16)26-2/h4-6,8-12,18H,3,7,13-14H2,1-2H3,(H,23,24)/t18-/m0/s1. The van der Waals surface area contributed by atoms with Crippen LogP contribution in [0.3, 0.4) is 0 Å². The first kappa shape index (κ1) is 20.8. The predicted molar refractivity (Wildman–Crippen MR) is 105 cm³/mol. The van der Waals surface area contributed by atoms with Crippen molar-refractivity contribution in [1.29, 1.82) is 0 Å². The smallest absolute Gasteiger partial charge is 0.310 e. The molecule has 1 amide bonds. The van der Waals surface area contributed by atoms with Gasteiger partial charge in [-0.05, 0) is 30.2 Å². The quantitative estimate of drug-likeness (QED) is 0.656. The lowest BCUT2D eigenvalue weighted by molar-refractivity contribution is -0.148. The SMILES string of the molecule is CCC[C@H](NC(=O)COC(=O)Cc1cc(Cl)ccc1OC)c1ccccc1. The summed E-state index contributed by atoms with van der Waals surface area (Å²) in [7, 11) is 1.52. The van der Waals surface area contributed by atoms with Crippen LogP contribution in [0.5, 0.6) is 5.75 Å². The van der Waals surface area contributed by atoms with E-state index >= 15 is 0 Å². The molecule has 144 valence electrons. The second-order valence-electron chi connectivity index (χ2n) is 6.11. The van der Waals surface area contributed by atoms with Crippen LogP contribution in [0.1, 0.15) is 36.9 Å². The van der Waals surface area contributed by atoms with Gasteiger partial charge in [-0.2, -0.15) is 0 Å². The number of esters is 1. The van der Waals surface area contributed by atoms with Crippen molar-refractivity contribution in [1.82, 2.24) is 5.32 Å². The van der Waals surface area contributed by atoms with E-state index in [-0.39, 0.29) is 25.0 Å². The van der Waals surface area contributed by atoms with Crippen LogP contribution in [0.25, 0.3) is 0 Å². The third kappa shape index (κ3) is 6.61. The molecule has 0 aliphatic rings. The van der Waals surface area contributed by atoms with Crippen molar-refractivity contribution < 1.29 is 19.1 Å². The number of carbonyl (C=O) groups excluding carboxylic acids is 2. The summed E-state index contributed by atoms with van der Waals surface area (Å²) in [5.74, 6) is -0.297. The summed E-state index contributed by atoms with van der Waals surface area (Å²) in [4.78, 5) is 24.3. The van der Waals surface area contributed by atoms with E-state index in [4.69, 9.17) is 21.1 Å². The molecule has 0 bridgehead atoms. The van der Waals surface area contributed by atoms with E-state index in [1.807, 2.05) is 30.3 Å². The molecule has 27 heavy (non-hydrogen) atoms. The maximum atomic E-state index is 12.2. The van der Waals surface area contributed by atoms with Crippen molar-refractivity contribution in [3.63, 3.8) is 0 Å². The van der Waals surface area contributed by atoms with Gasteiger partial charge < -0.3 is 14.8 Å². The van der Waals surface area contributed by atoms with Crippen LogP contribution >= 0.6 is 11.6 Å². The van der Waals surface area contributed by atoms with Crippen molar-refractivity contribution >= 4 is 23.5 Å². The van der Waals surface area contributed by atoms with E-state index in [0.717, 1.165) is 18.4 Å². The molecule has 5 nitrogen and oxygen atoms in total. The largest absolute Gasteiger partial charge is 0.496 e. The molecule has 0 heterocycles. The first-order valence-electron chi connectivity index (χ1n) is 8.85. The number of amides is 1. The molecule has 2 rings (SSSR count). The van der Waals surface area contributed by atoms with Gasteiger partial charge in [-0.15, -0.1) is 0 Å². The highest BCUT2D eigenvalue weighted by atomic mass is 35.5. The van der Waals surface area contributed by atoms with E-state index in [1.165, 1.54) is 7.11 Å². The number of hydrogen-bond acceptors (Lipinski definition) is 4. The third-order valence-electron chi connectivity index (χ3n) is 4.06. The monoisotopic (exact) mass is 389 g/mol. The minimum atomic E-state index is -0.516. The number of nitrogens with one attached hydrogen (secondary N) is 1. The zero-order valence-electron chi connectivity index (χ0n) is 15.5. The lowest BCUT2D eigenvalue weighted by atomic mass is 10.0. The summed E-state index contributed by atoms with van der Waals surface area (Å²) in [6.07, 6.45) is 1.71. The van der Waals surface area contributed by atoms with Crippen LogP contribution in [-0.4, -0.2) is 25.6 Å². The van der Waals surface area contributed by atoms with E-state index < -0.39 is 5.97 Å². The van der Waals surface area contributed by atoms with Gasteiger partial charge in [0.05, 0.1) is 19.6 Å². The van der Waals surface area contributed by atoms with Crippen molar-refractivity contribution in [2.24, 2.45) is 0 Å². The Hall–Kier alpha value is -2.53. The molecule has 0 saturated carbocycles. The van der Waals surface area contributed by atoms with E-state index in [2.05, 4.69) is 12.2 Å². The van der Waals surface area contributed by atoms with Crippen LogP contribution in [0.2, 0.25) is 5.02 Å². The number of ether oxygens (including phenoxy) is 2. The Kier molecular flexibility index (Phi) is 8.14. The zero-order chi connectivity index (χ0) is 19.6. The fourth-order valence-electron chi connectivity index (χ4n) is 2.77. The normalized spacial score (nSPS) is 11.5. The van der Waals surface area contributed by atoms with Gasteiger partial charge in [0.25, 0.3) is 5.91 Å². The number of benzene rings is 2. The molecule has 6 heteroatoms. The Morgan fingerprint density at radius 1 is 1.15 bits per heavy atom. The van der Waals surface area contributed by atoms with E-state index in [1.54, 1.807) is 18.2 Å². The second kappa shape index (κ2) is 10.6. The number of halogens is 1. The summed E-state index contributed by atoms with van der Waals surface area (Å²) >= 11 is 5.96. The fraction of sp³-hybridized carbons (Fsp3) is 0.333. The summed E-state index contributed by atoms with van der Waals surface area (Å²) in [6, 6.07) is 14.7. The van der Waals surface area contributed by atoms with Crippen LogP contribution in [0.15, 0.2) is 48.5 Å². The Morgan fingerprint density at radius 2 is 1.89 bits per heavy atom. The molecule has 0 radical (unpaired) electrons. The maximum absolute atomic E-state index is 12.2. The molecule has 1 atom stereocenters. The van der Waals surface area contributed by atoms with Gasteiger partial charge in [-0.1, -0.05) is 55.3 Å². The molecule has 0 fully saturated rings. The van der Waals surface area contributed by atoms with Crippen LogP contribution in [0, 0.1) is 0 Å². The minimum Gasteiger partial charge on any atom is -0.496 e. The zero-order valence-corrected chi connectivity index (χ0v) is 16.3. The highest BCUT2D eigenvalue weighted by Gasteiger charge is 2.16. The molecule has 0 aliphatic heterocycles. The summed E-state index contributed by atoms with van der Waals surface area (Å²) in [5.41, 5.74) is 1.64. The molecular formula is C21H24ClNO4. The predicted octanol–water partition coefficient (Wildman–Crippen LogP) is 4.09. The van der Waals surface area contributed by atoms with Crippen LogP contribution in [0.4, 0.5) is 0 Å². The van der Waals surface area contributed by atoms with Gasteiger partial charge in [0.2, 0.25) is 0 Å². The van der Waals surface area contributed by atoms with Gasteiger partial charge in [-0.25, -0.2) is 0 Å². The fourth-order valence-corrected chi connectivity index (χ4v) is 2.96. The lowest BCUT2D eigenvalue weighted by Crippen LogP contribution is -2.32. The molecule has 0 aromatic heterocycles. The molecule has 2 aromatic rings. The minimum absolute atomic E-state index is 0.0198. The van der Waals surface area contributed by atoms with Crippen molar-refractivity contribution in [3.05, 3.63) is 64.7 Å². The van der Waals surface area contributed by atoms with E-state index in [0.29, 0.717) is 16.3 Å². The summed E-state index contributed by atoms with van der Waals surface area (Å²) < 4.78 is 10.3. The van der Waals surface area contributed by atoms with Gasteiger partial charge in [0.15, 0.2) is 6.61 Å². The molecule has 0 unspecified atom stereocenters. The highest BCUT2D eigenvalue weighted by Crippen LogP contribution is 2.23. The second-order valence-corrected chi connectivity index (χ2v) is 6.55. The van der Waals surface area contributed by atoms with Gasteiger partial charge >= 0.3 is 5.97 Å². The van der Waals surface area contributed by atoms with Crippen molar-refractivity contribution in [3.8, 4) is 5.75 Å². The Bertz CT molecular complexity index is 764. The van der Waals surface area contributed by atoms with Gasteiger partial charge in [-0.3, -0.25) is 9.59 Å². The van der Waals surface area contributed by atoms with Gasteiger partial charge in [0, 0.05) is 10.6 Å². The van der Waals surface area contributed by atoms with Crippen molar-refractivity contribution in [2.75, 3.05) is 13.7 Å². The van der Waals surface area contributed by atoms with Crippen molar-refractivity contribution in [2.45, 2.75) is 32.2 Å². The highest BCUT2D eigenvalue weighted by molar-refractivity contribution is 6.30. The average molecular weight is 390 g/mol. The number of rotatable bonds is 9. The Balaban J connectivity index is 1.89. The molecule has 0 saturated heterocycles. The number of carbonyl (C=O) groups is 2. The Labute approximate surface area is 164 Å². The first-order valence-corrected chi connectivity index (χ1v) is 9.23. The van der Waals surface area contributed by atoms with Crippen LogP contribution < -0.4 is 10.1 Å². The topological polar surface area (TPSA) is 64.6 Å². The number of methoxy groups -OCH3 is 1. The molecular weight excluding hydrogens is 366 g/mol. The molecule has 0 spiro atoms. The average Bonchev–Trinajstić information content (AvgIpc) is 2.67. The van der Waals surface area contributed by atoms with E-state index in [9.17, 15) is 9.59 Å². The maximum Gasteiger partial charge on any atom is 0.310 e. The Morgan fingerprint density at radius 3 is 2.56 bits per heavy atom. The molecule has 1 N–H and O–H groups in total.